The van der Waals surface area contributed by atoms with Crippen LogP contribution in [0, 0.1) is 0 Å². The first kappa shape index (κ1) is 13.5. The molecule has 2 rings (SSSR count). The van der Waals surface area contributed by atoms with Crippen LogP contribution >= 0.6 is 11.6 Å². The van der Waals surface area contributed by atoms with Gasteiger partial charge in [-0.15, -0.1) is 0 Å². The number of anilines is 1. The summed E-state index contributed by atoms with van der Waals surface area (Å²) in [5.41, 5.74) is 5.97. The number of aromatic nitrogens is 3. The lowest BCUT2D eigenvalue weighted by molar-refractivity contribution is -0.120. The van der Waals surface area contributed by atoms with Gasteiger partial charge in [0.05, 0.1) is 16.9 Å². The van der Waals surface area contributed by atoms with E-state index >= 15 is 0 Å². The molecule has 0 aliphatic carbocycles. The monoisotopic (exact) mass is 279 g/mol. The van der Waals surface area contributed by atoms with Crippen molar-refractivity contribution < 1.29 is 4.79 Å². The highest BCUT2D eigenvalue weighted by molar-refractivity contribution is 6.31. The smallest absolute Gasteiger partial charge is 0.243 e. The van der Waals surface area contributed by atoms with E-state index in [1.54, 1.807) is 32.0 Å². The lowest BCUT2D eigenvalue weighted by Crippen LogP contribution is -2.45. The van der Waals surface area contributed by atoms with E-state index in [2.05, 4.69) is 15.4 Å². The summed E-state index contributed by atoms with van der Waals surface area (Å²) in [6.07, 6.45) is 2.94. The molecule has 0 saturated heterocycles. The minimum atomic E-state index is -0.984. The third kappa shape index (κ3) is 3.10. The van der Waals surface area contributed by atoms with Gasteiger partial charge in [0.25, 0.3) is 0 Å². The van der Waals surface area contributed by atoms with Crippen LogP contribution in [-0.4, -0.2) is 26.2 Å². The summed E-state index contributed by atoms with van der Waals surface area (Å²) in [7, 11) is 0. The van der Waals surface area contributed by atoms with E-state index in [4.69, 9.17) is 17.3 Å². The Morgan fingerprint density at radius 3 is 2.79 bits per heavy atom. The number of hydrogen-bond acceptors (Lipinski definition) is 4. The Hall–Kier alpha value is -1.92. The van der Waals surface area contributed by atoms with Crippen molar-refractivity contribution in [3.8, 4) is 5.69 Å². The fourth-order valence-electron chi connectivity index (χ4n) is 1.42. The van der Waals surface area contributed by atoms with E-state index in [9.17, 15) is 4.79 Å². The zero-order valence-corrected chi connectivity index (χ0v) is 11.3. The SMILES string of the molecule is CC(C)(N)C(=O)Nc1cc(Cl)ccc1-n1cncn1. The number of nitrogens with two attached hydrogens (primary N) is 1. The highest BCUT2D eigenvalue weighted by Gasteiger charge is 2.23. The van der Waals surface area contributed by atoms with Crippen molar-refractivity contribution in [2.75, 3.05) is 5.32 Å². The normalized spacial score (nSPS) is 11.4. The van der Waals surface area contributed by atoms with Crippen molar-refractivity contribution in [1.29, 1.82) is 0 Å². The van der Waals surface area contributed by atoms with Gasteiger partial charge in [-0.2, -0.15) is 5.10 Å². The minimum Gasteiger partial charge on any atom is -0.323 e. The first-order valence-electron chi connectivity index (χ1n) is 5.63. The van der Waals surface area contributed by atoms with Crippen LogP contribution in [0.2, 0.25) is 5.02 Å². The minimum absolute atomic E-state index is 0.309. The number of benzene rings is 1. The highest BCUT2D eigenvalue weighted by atomic mass is 35.5. The molecule has 1 aromatic carbocycles. The standard InChI is InChI=1S/C12H14ClN5O/c1-12(2,14)11(19)17-9-5-8(13)3-4-10(9)18-7-15-6-16-18/h3-7H,14H2,1-2H3,(H,17,19). The molecule has 0 aliphatic heterocycles. The lowest BCUT2D eigenvalue weighted by Gasteiger charge is -2.19. The van der Waals surface area contributed by atoms with E-state index in [1.165, 1.54) is 17.3 Å². The summed E-state index contributed by atoms with van der Waals surface area (Å²) in [6, 6.07) is 5.10. The molecule has 3 N–H and O–H groups in total. The van der Waals surface area contributed by atoms with E-state index in [0.29, 0.717) is 16.4 Å². The molecule has 1 amide bonds. The molecule has 0 atom stereocenters. The number of nitrogens with zero attached hydrogens (tertiary/aromatic N) is 3. The fraction of sp³-hybridized carbons (Fsp3) is 0.250. The number of hydrogen-bond donors (Lipinski definition) is 2. The maximum atomic E-state index is 11.9. The predicted molar refractivity (Wildman–Crippen MR) is 73.3 cm³/mol. The summed E-state index contributed by atoms with van der Waals surface area (Å²) in [5, 5.41) is 7.28. The summed E-state index contributed by atoms with van der Waals surface area (Å²) < 4.78 is 1.54. The first-order valence-corrected chi connectivity index (χ1v) is 6.00. The largest absolute Gasteiger partial charge is 0.323 e. The Labute approximate surface area is 115 Å². The zero-order valence-electron chi connectivity index (χ0n) is 10.6. The van der Waals surface area contributed by atoms with Gasteiger partial charge in [0.2, 0.25) is 5.91 Å². The van der Waals surface area contributed by atoms with E-state index in [-0.39, 0.29) is 5.91 Å². The third-order valence-corrected chi connectivity index (χ3v) is 2.69. The highest BCUT2D eigenvalue weighted by Crippen LogP contribution is 2.24. The molecule has 0 fully saturated rings. The molecule has 1 heterocycles. The van der Waals surface area contributed by atoms with Gasteiger partial charge in [0.15, 0.2) is 0 Å². The molecule has 1 aromatic heterocycles. The van der Waals surface area contributed by atoms with Gasteiger partial charge in [-0.1, -0.05) is 11.6 Å². The van der Waals surface area contributed by atoms with E-state index in [0.717, 1.165) is 0 Å². The van der Waals surface area contributed by atoms with Crippen LogP contribution in [0.25, 0.3) is 5.69 Å². The van der Waals surface area contributed by atoms with Crippen LogP contribution in [0.1, 0.15) is 13.8 Å². The Morgan fingerprint density at radius 2 is 2.21 bits per heavy atom. The second kappa shape index (κ2) is 4.99. The van der Waals surface area contributed by atoms with Crippen LogP contribution < -0.4 is 11.1 Å². The van der Waals surface area contributed by atoms with Gasteiger partial charge in [0, 0.05) is 5.02 Å². The molecule has 0 saturated carbocycles. The molecule has 19 heavy (non-hydrogen) atoms. The quantitative estimate of drug-likeness (QED) is 0.893. The third-order valence-electron chi connectivity index (χ3n) is 2.46. The van der Waals surface area contributed by atoms with Gasteiger partial charge < -0.3 is 11.1 Å². The first-order chi connectivity index (χ1) is 8.88. The second-order valence-electron chi connectivity index (χ2n) is 4.68. The second-order valence-corrected chi connectivity index (χ2v) is 5.11. The van der Waals surface area contributed by atoms with Crippen molar-refractivity contribution in [3.05, 3.63) is 35.9 Å². The Kier molecular flexibility index (Phi) is 3.55. The van der Waals surface area contributed by atoms with Gasteiger partial charge in [-0.05, 0) is 32.0 Å². The molecule has 100 valence electrons. The number of rotatable bonds is 3. The average molecular weight is 280 g/mol. The van der Waals surface area contributed by atoms with Crippen LogP contribution in [0.3, 0.4) is 0 Å². The van der Waals surface area contributed by atoms with Gasteiger partial charge >= 0.3 is 0 Å². The number of halogens is 1. The molecule has 0 radical (unpaired) electrons. The Bertz CT molecular complexity index is 589. The maximum Gasteiger partial charge on any atom is 0.243 e. The molecular weight excluding hydrogens is 266 g/mol. The molecule has 0 spiro atoms. The molecule has 0 unspecified atom stereocenters. The number of amides is 1. The van der Waals surface area contributed by atoms with Crippen molar-refractivity contribution in [2.45, 2.75) is 19.4 Å². The Balaban J connectivity index is 2.39. The van der Waals surface area contributed by atoms with Crippen molar-refractivity contribution in [3.63, 3.8) is 0 Å². The molecule has 0 bridgehead atoms. The van der Waals surface area contributed by atoms with Crippen molar-refractivity contribution in [1.82, 2.24) is 14.8 Å². The van der Waals surface area contributed by atoms with Gasteiger partial charge in [-0.3, -0.25) is 4.79 Å². The maximum absolute atomic E-state index is 11.9. The van der Waals surface area contributed by atoms with Crippen molar-refractivity contribution in [2.24, 2.45) is 5.73 Å². The van der Waals surface area contributed by atoms with Gasteiger partial charge in [0.1, 0.15) is 12.7 Å². The predicted octanol–water partition coefficient (Wildman–Crippen LogP) is 1.60. The van der Waals surface area contributed by atoms with Crippen LogP contribution in [0.4, 0.5) is 5.69 Å². The van der Waals surface area contributed by atoms with Gasteiger partial charge in [-0.25, -0.2) is 9.67 Å². The Morgan fingerprint density at radius 1 is 1.47 bits per heavy atom. The average Bonchev–Trinajstić information content (AvgIpc) is 2.81. The number of nitrogens with one attached hydrogen (secondary N) is 1. The summed E-state index contributed by atoms with van der Waals surface area (Å²) in [4.78, 5) is 15.8. The molecule has 6 nitrogen and oxygen atoms in total. The molecule has 0 aliphatic rings. The van der Waals surface area contributed by atoms with Crippen molar-refractivity contribution >= 4 is 23.2 Å². The summed E-state index contributed by atoms with van der Waals surface area (Å²) in [6.45, 7) is 3.25. The van der Waals surface area contributed by atoms with E-state index < -0.39 is 5.54 Å². The molecule has 7 heteroatoms. The van der Waals surface area contributed by atoms with Crippen LogP contribution in [0.5, 0.6) is 0 Å². The number of carbonyl (C=O) groups is 1. The van der Waals surface area contributed by atoms with E-state index in [1.807, 2.05) is 0 Å². The lowest BCUT2D eigenvalue weighted by atomic mass is 10.1. The zero-order chi connectivity index (χ0) is 14.0. The van der Waals surface area contributed by atoms with Crippen LogP contribution in [-0.2, 0) is 4.79 Å². The molecular formula is C12H14ClN5O. The molecule has 2 aromatic rings. The fourth-order valence-corrected chi connectivity index (χ4v) is 1.60. The summed E-state index contributed by atoms with van der Waals surface area (Å²) >= 11 is 5.95. The topological polar surface area (TPSA) is 85.8 Å². The summed E-state index contributed by atoms with van der Waals surface area (Å²) in [5.74, 6) is -0.309. The number of carbonyl (C=O) groups excluding carboxylic acids is 1. The van der Waals surface area contributed by atoms with Crippen LogP contribution in [0.15, 0.2) is 30.9 Å².